The lowest BCUT2D eigenvalue weighted by molar-refractivity contribution is 0.0296. The van der Waals surface area contributed by atoms with Gasteiger partial charge in [0.05, 0.1) is 28.8 Å². The molecule has 8 heteroatoms. The summed E-state index contributed by atoms with van der Waals surface area (Å²) in [6.45, 7) is 0. The molecule has 2 aromatic carbocycles. The number of hydrogen-bond donors (Lipinski definition) is 1. The van der Waals surface area contributed by atoms with Crippen LogP contribution in [0.15, 0.2) is 54.9 Å². The van der Waals surface area contributed by atoms with E-state index in [1.54, 1.807) is 13.2 Å². The second-order valence-electron chi connectivity index (χ2n) is 8.16. The highest BCUT2D eigenvalue weighted by Crippen LogP contribution is 2.37. The molecule has 4 rings (SSSR count). The smallest absolute Gasteiger partial charge is 0.338 e. The van der Waals surface area contributed by atoms with Gasteiger partial charge in [0.2, 0.25) is 0 Å². The largest absolute Gasteiger partial charge is 0.508 e. The van der Waals surface area contributed by atoms with E-state index in [4.69, 9.17) is 37.4 Å². The molecule has 34 heavy (non-hydrogen) atoms. The normalized spacial score (nSPS) is 14.6. The lowest BCUT2D eigenvalue weighted by Crippen LogP contribution is -2.16. The summed E-state index contributed by atoms with van der Waals surface area (Å²) in [6, 6.07) is 11.4. The van der Waals surface area contributed by atoms with E-state index in [1.165, 1.54) is 36.7 Å². The Bertz CT molecular complexity index is 1130. The monoisotopic (exact) mass is 501 g/mol. The molecule has 1 aliphatic rings. The number of benzene rings is 2. The van der Waals surface area contributed by atoms with Crippen LogP contribution >= 0.6 is 23.2 Å². The van der Waals surface area contributed by atoms with E-state index in [0.717, 1.165) is 25.7 Å². The number of phenolic OH excluding ortho intramolecular Hbond substituents is 1. The third-order valence-electron chi connectivity index (χ3n) is 5.85. The van der Waals surface area contributed by atoms with Crippen molar-refractivity contribution in [3.05, 3.63) is 81.6 Å². The highest BCUT2D eigenvalue weighted by Gasteiger charge is 2.24. The van der Waals surface area contributed by atoms with Crippen molar-refractivity contribution in [1.29, 1.82) is 0 Å². The molecule has 1 unspecified atom stereocenters. The Balaban J connectivity index is 1.67. The van der Waals surface area contributed by atoms with Gasteiger partial charge in [0, 0.05) is 18.8 Å². The van der Waals surface area contributed by atoms with Crippen LogP contribution in [0.25, 0.3) is 0 Å². The van der Waals surface area contributed by atoms with Gasteiger partial charge in [-0.1, -0.05) is 29.3 Å². The number of rotatable bonds is 8. The Morgan fingerprint density at radius 1 is 1.06 bits per heavy atom. The molecule has 1 fully saturated rings. The second kappa shape index (κ2) is 11.0. The summed E-state index contributed by atoms with van der Waals surface area (Å²) in [5, 5.41) is 10.3. The zero-order valence-electron chi connectivity index (χ0n) is 18.7. The predicted octanol–water partition coefficient (Wildman–Crippen LogP) is 6.56. The van der Waals surface area contributed by atoms with Crippen molar-refractivity contribution in [2.75, 3.05) is 7.11 Å². The molecular formula is C26H25Cl2NO5. The molecule has 178 valence electrons. The van der Waals surface area contributed by atoms with Gasteiger partial charge in [-0.05, 0) is 73.2 Å². The van der Waals surface area contributed by atoms with E-state index in [0.29, 0.717) is 38.2 Å². The predicted molar refractivity (Wildman–Crippen MR) is 130 cm³/mol. The van der Waals surface area contributed by atoms with Crippen molar-refractivity contribution in [3.8, 4) is 17.2 Å². The van der Waals surface area contributed by atoms with E-state index >= 15 is 0 Å². The van der Waals surface area contributed by atoms with Crippen molar-refractivity contribution >= 4 is 29.2 Å². The van der Waals surface area contributed by atoms with E-state index < -0.39 is 12.1 Å². The highest BCUT2D eigenvalue weighted by molar-refractivity contribution is 6.35. The first-order chi connectivity index (χ1) is 16.4. The maximum Gasteiger partial charge on any atom is 0.338 e. The quantitative estimate of drug-likeness (QED) is 0.352. The fourth-order valence-electron chi connectivity index (χ4n) is 4.01. The summed E-state index contributed by atoms with van der Waals surface area (Å²) in [4.78, 5) is 17.0. The topological polar surface area (TPSA) is 77.9 Å². The van der Waals surface area contributed by atoms with Crippen molar-refractivity contribution in [3.63, 3.8) is 0 Å². The molecular weight excluding hydrogens is 477 g/mol. The van der Waals surface area contributed by atoms with Crippen LogP contribution in [-0.4, -0.2) is 29.3 Å². The first-order valence-corrected chi connectivity index (χ1v) is 11.8. The Morgan fingerprint density at radius 2 is 1.74 bits per heavy atom. The van der Waals surface area contributed by atoms with Crippen LogP contribution in [0.3, 0.4) is 0 Å². The lowest BCUT2D eigenvalue weighted by atomic mass is 10.0. The highest BCUT2D eigenvalue weighted by atomic mass is 35.5. The minimum atomic E-state index is -0.712. The molecule has 1 N–H and O–H groups in total. The van der Waals surface area contributed by atoms with E-state index in [1.807, 2.05) is 12.1 Å². The third-order valence-corrected chi connectivity index (χ3v) is 6.50. The van der Waals surface area contributed by atoms with Gasteiger partial charge in [0.1, 0.15) is 11.9 Å². The summed E-state index contributed by atoms with van der Waals surface area (Å²) in [5.74, 6) is 0.733. The number of ether oxygens (including phenoxy) is 3. The van der Waals surface area contributed by atoms with Gasteiger partial charge in [0.25, 0.3) is 0 Å². The minimum absolute atomic E-state index is 0.0623. The Hall–Kier alpha value is -2.96. The summed E-state index contributed by atoms with van der Waals surface area (Å²) in [6.07, 6.45) is 6.93. The van der Waals surface area contributed by atoms with Gasteiger partial charge >= 0.3 is 5.97 Å². The second-order valence-corrected chi connectivity index (χ2v) is 8.98. The summed E-state index contributed by atoms with van der Waals surface area (Å²) in [7, 11) is 1.59. The molecule has 1 atom stereocenters. The summed E-state index contributed by atoms with van der Waals surface area (Å²) in [5.41, 5.74) is 1.64. The van der Waals surface area contributed by atoms with Gasteiger partial charge in [-0.25, -0.2) is 4.79 Å². The third kappa shape index (κ3) is 5.75. The SMILES string of the molecule is COc1ccc(C(Cc2c(Cl)cncc2Cl)OC(=O)c2ccc(O)cc2)cc1OC1CCCC1. The van der Waals surface area contributed by atoms with Crippen molar-refractivity contribution in [2.24, 2.45) is 0 Å². The first-order valence-electron chi connectivity index (χ1n) is 11.1. The first kappa shape index (κ1) is 24.2. The average Bonchev–Trinajstić information content (AvgIpc) is 3.34. The van der Waals surface area contributed by atoms with E-state index in [-0.39, 0.29) is 18.3 Å². The summed E-state index contributed by atoms with van der Waals surface area (Å²) >= 11 is 12.7. The molecule has 1 aliphatic carbocycles. The number of aromatic nitrogens is 1. The van der Waals surface area contributed by atoms with Crippen molar-refractivity contribution in [2.45, 2.75) is 44.3 Å². The molecule has 1 heterocycles. The van der Waals surface area contributed by atoms with Gasteiger partial charge in [-0.3, -0.25) is 4.98 Å². The molecule has 1 aromatic heterocycles. The molecule has 0 amide bonds. The minimum Gasteiger partial charge on any atom is -0.508 e. The number of halogens is 2. The molecule has 0 bridgehead atoms. The van der Waals surface area contributed by atoms with Gasteiger partial charge in [0.15, 0.2) is 11.5 Å². The number of nitrogens with zero attached hydrogens (tertiary/aromatic N) is 1. The number of carbonyl (C=O) groups is 1. The van der Waals surface area contributed by atoms with Gasteiger partial charge < -0.3 is 19.3 Å². The molecule has 0 spiro atoms. The van der Waals surface area contributed by atoms with Crippen molar-refractivity contribution in [1.82, 2.24) is 4.98 Å². The van der Waals surface area contributed by atoms with Crippen LogP contribution in [0.4, 0.5) is 0 Å². The number of carbonyl (C=O) groups excluding carboxylic acids is 1. The number of hydrogen-bond acceptors (Lipinski definition) is 6. The molecule has 0 aliphatic heterocycles. The fraction of sp³-hybridized carbons (Fsp3) is 0.308. The average molecular weight is 502 g/mol. The lowest BCUT2D eigenvalue weighted by Gasteiger charge is -2.22. The number of esters is 1. The van der Waals surface area contributed by atoms with Crippen LogP contribution in [0.2, 0.25) is 10.0 Å². The number of phenols is 1. The van der Waals surface area contributed by atoms with Crippen LogP contribution in [0.1, 0.15) is 53.3 Å². The van der Waals surface area contributed by atoms with Crippen LogP contribution in [-0.2, 0) is 11.2 Å². The molecule has 0 radical (unpaired) electrons. The Kier molecular flexibility index (Phi) is 7.80. The van der Waals surface area contributed by atoms with E-state index in [2.05, 4.69) is 4.98 Å². The van der Waals surface area contributed by atoms with Gasteiger partial charge in [-0.15, -0.1) is 0 Å². The molecule has 1 saturated carbocycles. The molecule has 3 aromatic rings. The van der Waals surface area contributed by atoms with Crippen LogP contribution in [0, 0.1) is 0 Å². The fourth-order valence-corrected chi connectivity index (χ4v) is 4.53. The maximum atomic E-state index is 12.9. The van der Waals surface area contributed by atoms with Crippen LogP contribution in [0.5, 0.6) is 17.2 Å². The zero-order chi connectivity index (χ0) is 24.1. The zero-order valence-corrected chi connectivity index (χ0v) is 20.2. The van der Waals surface area contributed by atoms with Crippen molar-refractivity contribution < 1.29 is 24.1 Å². The summed E-state index contributed by atoms with van der Waals surface area (Å²) < 4.78 is 17.7. The maximum absolute atomic E-state index is 12.9. The number of pyridine rings is 1. The van der Waals surface area contributed by atoms with Crippen LogP contribution < -0.4 is 9.47 Å². The number of methoxy groups -OCH3 is 1. The van der Waals surface area contributed by atoms with Gasteiger partial charge in [-0.2, -0.15) is 0 Å². The Labute approximate surface area is 208 Å². The standard InChI is InChI=1S/C26H25Cl2NO5/c1-32-23-11-8-17(12-25(23)33-19-4-2-3-5-19)24(13-20-21(27)14-29-15-22(20)28)34-26(31)16-6-9-18(30)10-7-16/h6-12,14-15,19,24,30H,2-5,13H2,1H3. The number of aromatic hydroxyl groups is 1. The van der Waals surface area contributed by atoms with E-state index in [9.17, 15) is 9.90 Å². The molecule has 6 nitrogen and oxygen atoms in total. The molecule has 0 saturated heterocycles. The Morgan fingerprint density at radius 3 is 2.38 bits per heavy atom.